The van der Waals surface area contributed by atoms with Crippen molar-refractivity contribution < 1.29 is 9.59 Å². The van der Waals surface area contributed by atoms with Gasteiger partial charge in [0.05, 0.1) is 0 Å². The minimum Gasteiger partial charge on any atom is -0.344 e. The summed E-state index contributed by atoms with van der Waals surface area (Å²) >= 11 is 11.6. The molecule has 0 radical (unpaired) electrons. The lowest BCUT2D eigenvalue weighted by Crippen LogP contribution is -2.34. The summed E-state index contributed by atoms with van der Waals surface area (Å²) in [6, 6.07) is 13.6. The van der Waals surface area contributed by atoms with Gasteiger partial charge in [0.1, 0.15) is 0 Å². The number of hydrogen-bond acceptors (Lipinski definition) is 2. The summed E-state index contributed by atoms with van der Waals surface area (Å²) in [6.45, 7) is 0.225. The molecule has 0 atom stereocenters. The third-order valence-electron chi connectivity index (χ3n) is 2.63. The van der Waals surface area contributed by atoms with Crippen molar-refractivity contribution in [2.24, 2.45) is 0 Å². The van der Waals surface area contributed by atoms with Gasteiger partial charge in [-0.25, -0.2) is 0 Å². The average Bonchev–Trinajstić information content (AvgIpc) is 2.45. The first-order valence-corrected chi connectivity index (χ1v) is 6.89. The van der Waals surface area contributed by atoms with Crippen LogP contribution < -0.4 is 10.6 Å². The Kier molecular flexibility index (Phi) is 5.20. The summed E-state index contributed by atoms with van der Waals surface area (Å²) in [6.07, 6.45) is 0. The molecule has 2 rings (SSSR count). The average molecular weight is 323 g/mol. The maximum Gasteiger partial charge on any atom is 0.313 e. The van der Waals surface area contributed by atoms with Crippen LogP contribution in [-0.2, 0) is 16.1 Å². The van der Waals surface area contributed by atoms with Crippen molar-refractivity contribution in [2.75, 3.05) is 5.32 Å². The number of amides is 2. The van der Waals surface area contributed by atoms with Crippen molar-refractivity contribution in [1.82, 2.24) is 5.32 Å². The van der Waals surface area contributed by atoms with Crippen LogP contribution in [0.5, 0.6) is 0 Å². The smallest absolute Gasteiger partial charge is 0.313 e. The molecular weight excluding hydrogens is 311 g/mol. The SMILES string of the molecule is O=C(NCc1cccc(Cl)c1)C(=O)Nc1cccc(Cl)c1. The molecule has 4 nitrogen and oxygen atoms in total. The van der Waals surface area contributed by atoms with E-state index in [4.69, 9.17) is 23.2 Å². The number of carbonyl (C=O) groups excluding carboxylic acids is 2. The molecule has 2 aromatic rings. The first kappa shape index (κ1) is 15.4. The Morgan fingerprint density at radius 2 is 1.57 bits per heavy atom. The summed E-state index contributed by atoms with van der Waals surface area (Å²) in [4.78, 5) is 23.4. The van der Waals surface area contributed by atoms with Gasteiger partial charge >= 0.3 is 11.8 Å². The number of rotatable bonds is 3. The van der Waals surface area contributed by atoms with Crippen molar-refractivity contribution >= 4 is 40.7 Å². The second kappa shape index (κ2) is 7.11. The zero-order valence-corrected chi connectivity index (χ0v) is 12.4. The van der Waals surface area contributed by atoms with E-state index < -0.39 is 11.8 Å². The van der Waals surface area contributed by atoms with E-state index in [-0.39, 0.29) is 6.54 Å². The van der Waals surface area contributed by atoms with Crippen LogP contribution in [-0.4, -0.2) is 11.8 Å². The minimum absolute atomic E-state index is 0.225. The Hall–Kier alpha value is -2.04. The highest BCUT2D eigenvalue weighted by Gasteiger charge is 2.13. The maximum atomic E-state index is 11.7. The molecule has 2 aromatic carbocycles. The van der Waals surface area contributed by atoms with Crippen LogP contribution in [0.2, 0.25) is 10.0 Å². The summed E-state index contributed by atoms with van der Waals surface area (Å²) in [5.74, 6) is -1.48. The standard InChI is InChI=1S/C15H12Cl2N2O2/c16-11-4-1-3-10(7-11)9-18-14(20)15(21)19-13-6-2-5-12(17)8-13/h1-8H,9H2,(H,18,20)(H,19,21). The lowest BCUT2D eigenvalue weighted by molar-refractivity contribution is -0.136. The molecule has 0 heterocycles. The Morgan fingerprint density at radius 3 is 2.24 bits per heavy atom. The quantitative estimate of drug-likeness (QED) is 0.852. The van der Waals surface area contributed by atoms with Gasteiger partial charge in [-0.15, -0.1) is 0 Å². The molecule has 2 N–H and O–H groups in total. The van der Waals surface area contributed by atoms with Gasteiger partial charge in [0.2, 0.25) is 0 Å². The highest BCUT2D eigenvalue weighted by atomic mass is 35.5. The predicted molar refractivity (Wildman–Crippen MR) is 83.4 cm³/mol. The van der Waals surface area contributed by atoms with Gasteiger partial charge in [-0.1, -0.05) is 41.4 Å². The van der Waals surface area contributed by atoms with Crippen LogP contribution in [0.3, 0.4) is 0 Å². The fourth-order valence-corrected chi connectivity index (χ4v) is 2.07. The van der Waals surface area contributed by atoms with E-state index in [1.807, 2.05) is 0 Å². The van der Waals surface area contributed by atoms with E-state index in [1.165, 1.54) is 0 Å². The van der Waals surface area contributed by atoms with Crippen LogP contribution in [0.4, 0.5) is 5.69 Å². The second-order valence-corrected chi connectivity index (χ2v) is 5.15. The topological polar surface area (TPSA) is 58.2 Å². The molecule has 0 unspecified atom stereocenters. The molecular formula is C15H12Cl2N2O2. The van der Waals surface area contributed by atoms with Gasteiger partial charge in [-0.3, -0.25) is 9.59 Å². The summed E-state index contributed by atoms with van der Waals surface area (Å²) in [5, 5.41) is 6.04. The molecule has 21 heavy (non-hydrogen) atoms. The highest BCUT2D eigenvalue weighted by molar-refractivity contribution is 6.39. The van der Waals surface area contributed by atoms with Crippen LogP contribution in [0.1, 0.15) is 5.56 Å². The van der Waals surface area contributed by atoms with E-state index in [0.29, 0.717) is 15.7 Å². The van der Waals surface area contributed by atoms with Crippen LogP contribution in [0.15, 0.2) is 48.5 Å². The number of hydrogen-bond donors (Lipinski definition) is 2. The third-order valence-corrected chi connectivity index (χ3v) is 3.10. The fraction of sp³-hybridized carbons (Fsp3) is 0.0667. The zero-order chi connectivity index (χ0) is 15.2. The van der Waals surface area contributed by atoms with Crippen molar-refractivity contribution in [1.29, 1.82) is 0 Å². The summed E-state index contributed by atoms with van der Waals surface area (Å²) < 4.78 is 0. The van der Waals surface area contributed by atoms with E-state index in [1.54, 1.807) is 48.5 Å². The second-order valence-electron chi connectivity index (χ2n) is 4.28. The molecule has 0 saturated carbocycles. The van der Waals surface area contributed by atoms with Gasteiger partial charge in [0.25, 0.3) is 0 Å². The van der Waals surface area contributed by atoms with Crippen molar-refractivity contribution in [2.45, 2.75) is 6.54 Å². The number of nitrogens with one attached hydrogen (secondary N) is 2. The summed E-state index contributed by atoms with van der Waals surface area (Å²) in [5.41, 5.74) is 1.27. The van der Waals surface area contributed by atoms with E-state index >= 15 is 0 Å². The predicted octanol–water partition coefficient (Wildman–Crippen LogP) is 3.25. The normalized spacial score (nSPS) is 10.0. The van der Waals surface area contributed by atoms with Crippen LogP contribution in [0.25, 0.3) is 0 Å². The molecule has 6 heteroatoms. The van der Waals surface area contributed by atoms with Crippen molar-refractivity contribution in [3.05, 3.63) is 64.1 Å². The first-order valence-electron chi connectivity index (χ1n) is 6.14. The minimum atomic E-state index is -0.751. The molecule has 2 amide bonds. The molecule has 0 spiro atoms. The molecule has 0 aliphatic rings. The van der Waals surface area contributed by atoms with Crippen LogP contribution in [0, 0.1) is 0 Å². The van der Waals surface area contributed by atoms with Gasteiger partial charge in [0, 0.05) is 22.3 Å². The Balaban J connectivity index is 1.89. The van der Waals surface area contributed by atoms with E-state index in [2.05, 4.69) is 10.6 Å². The van der Waals surface area contributed by atoms with Crippen LogP contribution >= 0.6 is 23.2 Å². The zero-order valence-electron chi connectivity index (χ0n) is 10.9. The summed E-state index contributed by atoms with van der Waals surface area (Å²) in [7, 11) is 0. The van der Waals surface area contributed by atoms with Gasteiger partial charge in [-0.2, -0.15) is 0 Å². The largest absolute Gasteiger partial charge is 0.344 e. The molecule has 0 aliphatic heterocycles. The molecule has 0 saturated heterocycles. The fourth-order valence-electron chi connectivity index (χ4n) is 1.66. The van der Waals surface area contributed by atoms with Crippen molar-refractivity contribution in [3.63, 3.8) is 0 Å². The highest BCUT2D eigenvalue weighted by Crippen LogP contribution is 2.14. The number of anilines is 1. The third kappa shape index (κ3) is 4.77. The number of carbonyl (C=O) groups is 2. The molecule has 108 valence electrons. The van der Waals surface area contributed by atoms with E-state index in [0.717, 1.165) is 5.56 Å². The lowest BCUT2D eigenvalue weighted by atomic mass is 10.2. The molecule has 0 bridgehead atoms. The van der Waals surface area contributed by atoms with Gasteiger partial charge in [0.15, 0.2) is 0 Å². The van der Waals surface area contributed by atoms with E-state index in [9.17, 15) is 9.59 Å². The Morgan fingerprint density at radius 1 is 0.905 bits per heavy atom. The molecule has 0 fully saturated rings. The Bertz CT molecular complexity index is 674. The molecule has 0 aliphatic carbocycles. The number of halogens is 2. The van der Waals surface area contributed by atoms with Gasteiger partial charge in [-0.05, 0) is 35.9 Å². The maximum absolute atomic E-state index is 11.7. The Labute approximate surface area is 132 Å². The van der Waals surface area contributed by atoms with Gasteiger partial charge < -0.3 is 10.6 Å². The van der Waals surface area contributed by atoms with Crippen molar-refractivity contribution in [3.8, 4) is 0 Å². The monoisotopic (exact) mass is 322 g/mol. The first-order chi connectivity index (χ1) is 10.0. The molecule has 0 aromatic heterocycles. The number of benzene rings is 2. The lowest BCUT2D eigenvalue weighted by Gasteiger charge is -2.07.